The predicted molar refractivity (Wildman–Crippen MR) is 65.6 cm³/mol. The summed E-state index contributed by atoms with van der Waals surface area (Å²) in [5, 5.41) is 0. The van der Waals surface area contributed by atoms with Crippen LogP contribution in [0.1, 0.15) is 30.5 Å². The number of rotatable bonds is 3. The Bertz CT molecular complexity index is 351. The van der Waals surface area contributed by atoms with Crippen LogP contribution in [0.25, 0.3) is 0 Å². The SMILES string of the molecule is CN(CCN)c1ncc2c(n1)CCCCC2. The molecule has 4 nitrogen and oxygen atoms in total. The van der Waals surface area contributed by atoms with Crippen LogP contribution in [0.3, 0.4) is 0 Å². The normalized spacial score (nSPS) is 15.4. The lowest BCUT2D eigenvalue weighted by Gasteiger charge is -2.17. The molecule has 1 aromatic heterocycles. The fraction of sp³-hybridized carbons (Fsp3) is 0.667. The third kappa shape index (κ3) is 2.50. The molecule has 1 aromatic rings. The predicted octanol–water partition coefficient (Wildman–Crippen LogP) is 1.14. The molecule has 1 aliphatic rings. The Balaban J connectivity index is 2.20. The summed E-state index contributed by atoms with van der Waals surface area (Å²) in [5.74, 6) is 0.811. The first-order chi connectivity index (χ1) is 7.81. The number of aryl methyl sites for hydroxylation is 2. The van der Waals surface area contributed by atoms with Gasteiger partial charge in [0.15, 0.2) is 0 Å². The van der Waals surface area contributed by atoms with Crippen LogP contribution >= 0.6 is 0 Å². The third-order valence-corrected chi connectivity index (χ3v) is 3.11. The number of nitrogens with two attached hydrogens (primary N) is 1. The first-order valence-electron chi connectivity index (χ1n) is 6.07. The van der Waals surface area contributed by atoms with E-state index >= 15 is 0 Å². The van der Waals surface area contributed by atoms with E-state index in [4.69, 9.17) is 5.73 Å². The van der Waals surface area contributed by atoms with Gasteiger partial charge in [-0.3, -0.25) is 0 Å². The van der Waals surface area contributed by atoms with Gasteiger partial charge in [-0.15, -0.1) is 0 Å². The van der Waals surface area contributed by atoms with Crippen LogP contribution in [0, 0.1) is 0 Å². The van der Waals surface area contributed by atoms with E-state index in [1.165, 1.54) is 30.5 Å². The lowest BCUT2D eigenvalue weighted by Crippen LogP contribution is -2.27. The van der Waals surface area contributed by atoms with Gasteiger partial charge >= 0.3 is 0 Å². The van der Waals surface area contributed by atoms with Gasteiger partial charge in [0.05, 0.1) is 0 Å². The van der Waals surface area contributed by atoms with Crippen LogP contribution in [-0.2, 0) is 12.8 Å². The van der Waals surface area contributed by atoms with Crippen molar-refractivity contribution >= 4 is 5.95 Å². The largest absolute Gasteiger partial charge is 0.343 e. The summed E-state index contributed by atoms with van der Waals surface area (Å²) >= 11 is 0. The third-order valence-electron chi connectivity index (χ3n) is 3.11. The van der Waals surface area contributed by atoms with Crippen molar-refractivity contribution in [2.24, 2.45) is 5.73 Å². The van der Waals surface area contributed by atoms with Crippen molar-refractivity contribution in [1.29, 1.82) is 0 Å². The zero-order valence-corrected chi connectivity index (χ0v) is 9.95. The molecule has 0 aromatic carbocycles. The maximum Gasteiger partial charge on any atom is 0.225 e. The first-order valence-corrected chi connectivity index (χ1v) is 6.07. The molecule has 0 amide bonds. The summed E-state index contributed by atoms with van der Waals surface area (Å²) in [6.45, 7) is 1.44. The van der Waals surface area contributed by atoms with Crippen LogP contribution in [-0.4, -0.2) is 30.1 Å². The Kier molecular flexibility index (Phi) is 3.72. The summed E-state index contributed by atoms with van der Waals surface area (Å²) in [7, 11) is 1.99. The highest BCUT2D eigenvalue weighted by atomic mass is 15.2. The van der Waals surface area contributed by atoms with Crippen molar-refractivity contribution in [2.45, 2.75) is 32.1 Å². The Labute approximate surface area is 96.9 Å². The van der Waals surface area contributed by atoms with Gasteiger partial charge < -0.3 is 10.6 Å². The van der Waals surface area contributed by atoms with Gasteiger partial charge in [-0.2, -0.15) is 0 Å². The fourth-order valence-electron chi connectivity index (χ4n) is 2.12. The van der Waals surface area contributed by atoms with Crippen molar-refractivity contribution in [3.63, 3.8) is 0 Å². The molecular weight excluding hydrogens is 200 g/mol. The van der Waals surface area contributed by atoms with E-state index in [-0.39, 0.29) is 0 Å². The minimum Gasteiger partial charge on any atom is -0.343 e. The maximum absolute atomic E-state index is 5.53. The summed E-state index contributed by atoms with van der Waals surface area (Å²) in [6, 6.07) is 0. The average molecular weight is 220 g/mol. The second kappa shape index (κ2) is 5.25. The lowest BCUT2D eigenvalue weighted by molar-refractivity contribution is 0.708. The molecule has 0 bridgehead atoms. The molecule has 2 N–H and O–H groups in total. The average Bonchev–Trinajstić information content (AvgIpc) is 2.53. The Morgan fingerprint density at radius 3 is 2.94 bits per heavy atom. The fourth-order valence-corrected chi connectivity index (χ4v) is 2.12. The van der Waals surface area contributed by atoms with Crippen molar-refractivity contribution in [3.05, 3.63) is 17.5 Å². The van der Waals surface area contributed by atoms with Crippen LogP contribution in [0.15, 0.2) is 6.20 Å². The van der Waals surface area contributed by atoms with Gasteiger partial charge in [-0.05, 0) is 31.2 Å². The van der Waals surface area contributed by atoms with Crippen molar-refractivity contribution in [3.8, 4) is 0 Å². The van der Waals surface area contributed by atoms with Gasteiger partial charge in [-0.1, -0.05) is 6.42 Å². The molecule has 0 saturated heterocycles. The van der Waals surface area contributed by atoms with Crippen LogP contribution in [0.4, 0.5) is 5.95 Å². The monoisotopic (exact) mass is 220 g/mol. The molecule has 0 radical (unpaired) electrons. The topological polar surface area (TPSA) is 55.0 Å². The highest BCUT2D eigenvalue weighted by Crippen LogP contribution is 2.19. The second-order valence-corrected chi connectivity index (χ2v) is 4.41. The molecule has 0 saturated carbocycles. The molecule has 0 atom stereocenters. The number of nitrogens with zero attached hydrogens (tertiary/aromatic N) is 3. The second-order valence-electron chi connectivity index (χ2n) is 4.41. The number of fused-ring (bicyclic) bond motifs is 1. The van der Waals surface area contributed by atoms with Gasteiger partial charge in [0, 0.05) is 32.0 Å². The Hall–Kier alpha value is -1.16. The molecule has 1 aliphatic carbocycles. The van der Waals surface area contributed by atoms with Crippen LogP contribution in [0.5, 0.6) is 0 Å². The van der Waals surface area contributed by atoms with E-state index in [1.807, 2.05) is 18.1 Å². The highest BCUT2D eigenvalue weighted by molar-refractivity contribution is 5.32. The van der Waals surface area contributed by atoms with Gasteiger partial charge in [-0.25, -0.2) is 9.97 Å². The maximum atomic E-state index is 5.53. The van der Waals surface area contributed by atoms with Gasteiger partial charge in [0.25, 0.3) is 0 Å². The molecule has 16 heavy (non-hydrogen) atoms. The smallest absolute Gasteiger partial charge is 0.225 e. The molecule has 2 rings (SSSR count). The number of aromatic nitrogens is 2. The lowest BCUT2D eigenvalue weighted by atomic mass is 10.1. The molecule has 0 aliphatic heterocycles. The minimum atomic E-state index is 0.636. The zero-order valence-electron chi connectivity index (χ0n) is 9.95. The summed E-state index contributed by atoms with van der Waals surface area (Å²) in [5.41, 5.74) is 8.11. The number of anilines is 1. The van der Waals surface area contributed by atoms with E-state index in [0.717, 1.165) is 25.3 Å². The summed E-state index contributed by atoms with van der Waals surface area (Å²) in [4.78, 5) is 11.1. The molecule has 4 heteroatoms. The van der Waals surface area contributed by atoms with E-state index in [9.17, 15) is 0 Å². The van der Waals surface area contributed by atoms with E-state index < -0.39 is 0 Å². The molecule has 88 valence electrons. The van der Waals surface area contributed by atoms with Crippen LogP contribution < -0.4 is 10.6 Å². The molecule has 0 spiro atoms. The van der Waals surface area contributed by atoms with Crippen molar-refractivity contribution < 1.29 is 0 Å². The molecule has 1 heterocycles. The van der Waals surface area contributed by atoms with Crippen LogP contribution in [0.2, 0.25) is 0 Å². The van der Waals surface area contributed by atoms with Gasteiger partial charge in [0.1, 0.15) is 0 Å². The quantitative estimate of drug-likeness (QED) is 0.776. The number of likely N-dealkylation sites (N-methyl/N-ethyl adjacent to an activating group) is 1. The zero-order chi connectivity index (χ0) is 11.4. The Morgan fingerprint density at radius 1 is 1.31 bits per heavy atom. The summed E-state index contributed by atoms with van der Waals surface area (Å²) < 4.78 is 0. The van der Waals surface area contributed by atoms with Crippen molar-refractivity contribution in [2.75, 3.05) is 25.0 Å². The van der Waals surface area contributed by atoms with E-state index in [1.54, 1.807) is 0 Å². The molecule has 0 unspecified atom stereocenters. The van der Waals surface area contributed by atoms with E-state index in [0.29, 0.717) is 6.54 Å². The van der Waals surface area contributed by atoms with Gasteiger partial charge in [0.2, 0.25) is 5.95 Å². The standard InChI is InChI=1S/C12H20N4/c1-16(8-7-13)12-14-9-10-5-3-2-4-6-11(10)15-12/h9H,2-8,13H2,1H3. The Morgan fingerprint density at radius 2 is 2.12 bits per heavy atom. The number of hydrogen-bond donors (Lipinski definition) is 1. The highest BCUT2D eigenvalue weighted by Gasteiger charge is 2.12. The molecular formula is C12H20N4. The summed E-state index contributed by atoms with van der Waals surface area (Å²) in [6.07, 6.45) is 8.07. The number of hydrogen-bond acceptors (Lipinski definition) is 4. The first kappa shape index (κ1) is 11.3. The molecule has 0 fully saturated rings. The minimum absolute atomic E-state index is 0.636. The van der Waals surface area contributed by atoms with Crippen molar-refractivity contribution in [1.82, 2.24) is 9.97 Å². The van der Waals surface area contributed by atoms with E-state index in [2.05, 4.69) is 9.97 Å².